The molecule has 2 nitrogen and oxygen atoms in total. The Labute approximate surface area is 311 Å². The van der Waals surface area contributed by atoms with Gasteiger partial charge in [-0.2, -0.15) is 0 Å². The number of para-hydroxylation sites is 2. The van der Waals surface area contributed by atoms with E-state index >= 15 is 0 Å². The number of benzene rings is 5. The van der Waals surface area contributed by atoms with Gasteiger partial charge in [0.05, 0.1) is 0 Å². The Morgan fingerprint density at radius 2 is 1.19 bits per heavy atom. The van der Waals surface area contributed by atoms with Crippen molar-refractivity contribution in [2.24, 2.45) is 5.92 Å². The van der Waals surface area contributed by atoms with Crippen LogP contribution in [0.5, 0.6) is 0 Å². The fourth-order valence-electron chi connectivity index (χ4n) is 8.05. The minimum atomic E-state index is -0.135. The highest BCUT2D eigenvalue weighted by Crippen LogP contribution is 2.51. The van der Waals surface area contributed by atoms with Gasteiger partial charge in [-0.15, -0.1) is 0 Å². The van der Waals surface area contributed by atoms with Crippen LogP contribution in [0.1, 0.15) is 70.7 Å². The Hall–Kier alpha value is -5.60. The van der Waals surface area contributed by atoms with Gasteiger partial charge in [-0.25, -0.2) is 0 Å². The number of fused-ring (bicyclic) bond motifs is 3. The highest BCUT2D eigenvalue weighted by Gasteiger charge is 2.36. The van der Waals surface area contributed by atoms with Crippen molar-refractivity contribution in [2.45, 2.75) is 59.9 Å². The molecular weight excluding hydrogens is 629 g/mol. The number of anilines is 4. The van der Waals surface area contributed by atoms with Crippen molar-refractivity contribution in [1.29, 1.82) is 0 Å². The topological polar surface area (TPSA) is 6.48 Å². The summed E-state index contributed by atoms with van der Waals surface area (Å²) >= 11 is 0. The first-order valence-corrected chi connectivity index (χ1v) is 18.6. The van der Waals surface area contributed by atoms with E-state index in [0.29, 0.717) is 5.92 Å². The quantitative estimate of drug-likeness (QED) is 0.113. The molecule has 0 N–H and O–H groups in total. The molecule has 5 aromatic rings. The van der Waals surface area contributed by atoms with Gasteiger partial charge in [0.15, 0.2) is 0 Å². The minimum absolute atomic E-state index is 0.135. The van der Waals surface area contributed by atoms with Crippen LogP contribution in [-0.4, -0.2) is 6.04 Å². The molecule has 2 unspecified atom stereocenters. The SMILES string of the molecule is CC(C)=CC(C)N(C(C)=C1C=CC=CC1C)c1ccc(C=Cc2ccc3c(c2)C(C)(C)c2cc(N(c4ccccc4)c4ccccc4)ccc2-3)cc1. The molecule has 0 spiro atoms. The molecule has 0 fully saturated rings. The minimum Gasteiger partial charge on any atom is -0.338 e. The predicted molar refractivity (Wildman–Crippen MR) is 226 cm³/mol. The molecule has 2 aliphatic carbocycles. The van der Waals surface area contributed by atoms with Gasteiger partial charge in [0.1, 0.15) is 0 Å². The summed E-state index contributed by atoms with van der Waals surface area (Å²) in [6, 6.07) is 44.5. The Balaban J connectivity index is 1.16. The maximum atomic E-state index is 2.47. The molecule has 0 saturated heterocycles. The smallest absolute Gasteiger partial charge is 0.0493 e. The second-order valence-corrected chi connectivity index (χ2v) is 15.0. The monoisotopic (exact) mass is 678 g/mol. The molecule has 52 heavy (non-hydrogen) atoms. The maximum absolute atomic E-state index is 2.47. The van der Waals surface area contributed by atoms with Crippen LogP contribution in [0.25, 0.3) is 23.3 Å². The van der Waals surface area contributed by atoms with Gasteiger partial charge in [0.25, 0.3) is 0 Å². The predicted octanol–water partition coefficient (Wildman–Crippen LogP) is 13.8. The van der Waals surface area contributed by atoms with Gasteiger partial charge in [-0.3, -0.25) is 0 Å². The van der Waals surface area contributed by atoms with Crippen LogP contribution >= 0.6 is 0 Å². The van der Waals surface area contributed by atoms with Crippen LogP contribution in [-0.2, 0) is 5.41 Å². The van der Waals surface area contributed by atoms with Gasteiger partial charge in [-0.05, 0) is 115 Å². The van der Waals surface area contributed by atoms with Crippen molar-refractivity contribution in [3.63, 3.8) is 0 Å². The normalized spacial score (nSPS) is 17.0. The number of hydrogen-bond acceptors (Lipinski definition) is 2. The average molecular weight is 679 g/mol. The van der Waals surface area contributed by atoms with E-state index in [9.17, 15) is 0 Å². The highest BCUT2D eigenvalue weighted by atomic mass is 15.2. The molecular formula is C50H50N2. The zero-order valence-electron chi connectivity index (χ0n) is 31.6. The fraction of sp³-hybridized carbons (Fsp3) is 0.200. The van der Waals surface area contributed by atoms with Crippen LogP contribution in [0, 0.1) is 5.92 Å². The van der Waals surface area contributed by atoms with E-state index in [4.69, 9.17) is 0 Å². The molecule has 7 rings (SSSR count). The van der Waals surface area contributed by atoms with E-state index in [2.05, 4.69) is 222 Å². The van der Waals surface area contributed by atoms with Crippen LogP contribution in [0.2, 0.25) is 0 Å². The van der Waals surface area contributed by atoms with Crippen LogP contribution in [0.3, 0.4) is 0 Å². The van der Waals surface area contributed by atoms with E-state index in [-0.39, 0.29) is 11.5 Å². The Morgan fingerprint density at radius 1 is 0.635 bits per heavy atom. The lowest BCUT2D eigenvalue weighted by Gasteiger charge is -2.33. The van der Waals surface area contributed by atoms with Gasteiger partial charge < -0.3 is 9.80 Å². The van der Waals surface area contributed by atoms with Crippen molar-refractivity contribution in [2.75, 3.05) is 9.80 Å². The molecule has 0 radical (unpaired) electrons. The summed E-state index contributed by atoms with van der Waals surface area (Å²) in [4.78, 5) is 4.82. The zero-order chi connectivity index (χ0) is 36.4. The van der Waals surface area contributed by atoms with E-state index in [1.165, 1.54) is 61.6 Å². The molecule has 0 saturated carbocycles. The number of nitrogens with zero attached hydrogens (tertiary/aromatic N) is 2. The van der Waals surface area contributed by atoms with Crippen molar-refractivity contribution in [3.8, 4) is 11.1 Å². The second kappa shape index (κ2) is 14.6. The fourth-order valence-corrected chi connectivity index (χ4v) is 8.05. The first kappa shape index (κ1) is 34.8. The van der Waals surface area contributed by atoms with Gasteiger partial charge in [-0.1, -0.05) is 142 Å². The molecule has 5 aromatic carbocycles. The van der Waals surface area contributed by atoms with Crippen molar-refractivity contribution >= 4 is 34.9 Å². The summed E-state index contributed by atoms with van der Waals surface area (Å²) in [6.45, 7) is 15.9. The van der Waals surface area contributed by atoms with Crippen molar-refractivity contribution < 1.29 is 0 Å². The van der Waals surface area contributed by atoms with Gasteiger partial charge in [0, 0.05) is 45.8 Å². The summed E-state index contributed by atoms with van der Waals surface area (Å²) in [5.74, 6) is 0.388. The van der Waals surface area contributed by atoms with Crippen LogP contribution < -0.4 is 9.80 Å². The third kappa shape index (κ3) is 6.86. The molecule has 0 bridgehead atoms. The molecule has 260 valence electrons. The standard InChI is InChI=1S/C50H50N2/c1-35(2)32-37(4)51(38(5)45-21-15-14-16-36(45)3)43-27-24-39(25-28-43)22-23-40-26-30-46-47-31-29-44(34-49(47)50(6,7)48(46)33-40)52(41-17-10-8-11-18-41)42-19-12-9-13-20-42/h8-34,36-37H,1-7H3. The highest BCUT2D eigenvalue weighted by molar-refractivity contribution is 5.86. The lowest BCUT2D eigenvalue weighted by Crippen LogP contribution is -2.31. The molecule has 0 amide bonds. The third-order valence-corrected chi connectivity index (χ3v) is 10.6. The van der Waals surface area contributed by atoms with Crippen molar-refractivity contribution in [1.82, 2.24) is 0 Å². The Morgan fingerprint density at radius 3 is 1.81 bits per heavy atom. The van der Waals surface area contributed by atoms with Crippen LogP contribution in [0.15, 0.2) is 169 Å². The zero-order valence-corrected chi connectivity index (χ0v) is 31.6. The largest absolute Gasteiger partial charge is 0.338 e. The molecule has 2 heteroatoms. The average Bonchev–Trinajstić information content (AvgIpc) is 3.37. The van der Waals surface area contributed by atoms with Crippen LogP contribution in [0.4, 0.5) is 22.7 Å². The molecule has 2 aliphatic rings. The maximum Gasteiger partial charge on any atom is 0.0493 e. The summed E-state index contributed by atoms with van der Waals surface area (Å²) in [6.07, 6.45) is 15.7. The van der Waals surface area contributed by atoms with Gasteiger partial charge >= 0.3 is 0 Å². The Kier molecular flexibility index (Phi) is 9.75. The summed E-state index contributed by atoms with van der Waals surface area (Å²) < 4.78 is 0. The van der Waals surface area contributed by atoms with E-state index in [1.54, 1.807) is 0 Å². The molecule has 0 aliphatic heterocycles. The lowest BCUT2D eigenvalue weighted by atomic mass is 9.81. The number of rotatable bonds is 9. The summed E-state index contributed by atoms with van der Waals surface area (Å²) in [5.41, 5.74) is 16.3. The first-order valence-electron chi connectivity index (χ1n) is 18.6. The van der Waals surface area contributed by atoms with E-state index in [0.717, 1.165) is 11.4 Å². The number of allylic oxidation sites excluding steroid dienone is 7. The van der Waals surface area contributed by atoms with E-state index < -0.39 is 0 Å². The second-order valence-electron chi connectivity index (χ2n) is 15.0. The Bertz CT molecular complexity index is 2170. The third-order valence-electron chi connectivity index (χ3n) is 10.6. The summed E-state index contributed by atoms with van der Waals surface area (Å²) in [5, 5.41) is 0. The lowest BCUT2D eigenvalue weighted by molar-refractivity contribution is 0.660. The first-order chi connectivity index (χ1) is 25.1. The van der Waals surface area contributed by atoms with Crippen molar-refractivity contribution in [3.05, 3.63) is 191 Å². The summed E-state index contributed by atoms with van der Waals surface area (Å²) in [7, 11) is 0. The molecule has 0 aromatic heterocycles. The molecule has 2 atom stereocenters. The number of hydrogen-bond donors (Lipinski definition) is 0. The van der Waals surface area contributed by atoms with E-state index in [1.807, 2.05) is 0 Å². The molecule has 0 heterocycles. The van der Waals surface area contributed by atoms with Gasteiger partial charge in [0.2, 0.25) is 0 Å².